The molecule has 4 heteroatoms. The summed E-state index contributed by atoms with van der Waals surface area (Å²) in [7, 11) is 0. The van der Waals surface area contributed by atoms with Crippen LogP contribution in [0.2, 0.25) is 0 Å². The summed E-state index contributed by atoms with van der Waals surface area (Å²) in [5, 5.41) is 8.64. The van der Waals surface area contributed by atoms with E-state index in [0.717, 1.165) is 58.3 Å². The van der Waals surface area contributed by atoms with Gasteiger partial charge in [0.1, 0.15) is 0 Å². The van der Waals surface area contributed by atoms with Gasteiger partial charge in [-0.05, 0) is 12.8 Å². The third-order valence-electron chi connectivity index (χ3n) is 3.24. The Morgan fingerprint density at radius 2 is 1.81 bits per heavy atom. The van der Waals surface area contributed by atoms with E-state index in [1.165, 1.54) is 0 Å². The third kappa shape index (κ3) is 4.78. The maximum Gasteiger partial charge on any atom is 0.0847 e. The fourth-order valence-corrected chi connectivity index (χ4v) is 2.01. The van der Waals surface area contributed by atoms with Crippen LogP contribution in [0.5, 0.6) is 0 Å². The molecule has 0 bridgehead atoms. The van der Waals surface area contributed by atoms with E-state index in [0.29, 0.717) is 13.2 Å². The van der Waals surface area contributed by atoms with Crippen molar-refractivity contribution in [3.63, 3.8) is 0 Å². The summed E-state index contributed by atoms with van der Waals surface area (Å²) in [6, 6.07) is 0. The largest absolute Gasteiger partial charge is 0.396 e. The van der Waals surface area contributed by atoms with Crippen molar-refractivity contribution in [3.05, 3.63) is 0 Å². The summed E-state index contributed by atoms with van der Waals surface area (Å²) in [5.74, 6) is 0. The highest BCUT2D eigenvalue weighted by Crippen LogP contribution is 2.24. The zero-order chi connectivity index (χ0) is 11.7. The predicted molar refractivity (Wildman–Crippen MR) is 63.3 cm³/mol. The molecule has 0 aliphatic carbocycles. The molecule has 1 fully saturated rings. The molecule has 4 nitrogen and oxygen atoms in total. The van der Waals surface area contributed by atoms with E-state index >= 15 is 0 Å². The number of hydrogen-bond acceptors (Lipinski definition) is 4. The van der Waals surface area contributed by atoms with Crippen LogP contribution in [0.1, 0.15) is 38.5 Å². The molecule has 0 atom stereocenters. The van der Waals surface area contributed by atoms with E-state index < -0.39 is 0 Å². The molecule has 1 aliphatic rings. The maximum atomic E-state index is 8.64. The van der Waals surface area contributed by atoms with Gasteiger partial charge in [0, 0.05) is 45.8 Å². The van der Waals surface area contributed by atoms with Gasteiger partial charge in [-0.25, -0.2) is 0 Å². The summed E-state index contributed by atoms with van der Waals surface area (Å²) in [6.45, 7) is 3.20. The minimum Gasteiger partial charge on any atom is -0.396 e. The van der Waals surface area contributed by atoms with Crippen LogP contribution in [0.4, 0.5) is 0 Å². The number of aliphatic hydroxyl groups excluding tert-OH is 1. The smallest absolute Gasteiger partial charge is 0.0847 e. The van der Waals surface area contributed by atoms with Gasteiger partial charge in [0.25, 0.3) is 0 Å². The highest BCUT2D eigenvalue weighted by molar-refractivity contribution is 4.84. The van der Waals surface area contributed by atoms with Crippen molar-refractivity contribution in [1.29, 1.82) is 0 Å². The number of aliphatic hydroxyl groups is 1. The van der Waals surface area contributed by atoms with Crippen LogP contribution in [0.15, 0.2) is 0 Å². The van der Waals surface area contributed by atoms with Gasteiger partial charge >= 0.3 is 0 Å². The zero-order valence-electron chi connectivity index (χ0n) is 10.1. The first-order chi connectivity index (χ1) is 7.83. The van der Waals surface area contributed by atoms with Gasteiger partial charge in [-0.3, -0.25) is 0 Å². The molecular weight excluding hydrogens is 206 g/mol. The average Bonchev–Trinajstić information content (AvgIpc) is 2.35. The molecule has 1 aliphatic heterocycles. The Kier molecular flexibility index (Phi) is 6.96. The van der Waals surface area contributed by atoms with Crippen LogP contribution in [0.25, 0.3) is 0 Å². The normalized spacial score (nSPS) is 19.9. The first-order valence-corrected chi connectivity index (χ1v) is 6.36. The quantitative estimate of drug-likeness (QED) is 0.613. The second-order valence-electron chi connectivity index (χ2n) is 4.49. The summed E-state index contributed by atoms with van der Waals surface area (Å²) in [5.41, 5.74) is 5.66. The van der Waals surface area contributed by atoms with Gasteiger partial charge in [0.05, 0.1) is 5.60 Å². The number of unbranched alkanes of at least 4 members (excludes halogenated alkanes) is 3. The number of nitrogens with two attached hydrogens (primary N) is 1. The molecule has 3 N–H and O–H groups in total. The molecule has 16 heavy (non-hydrogen) atoms. The van der Waals surface area contributed by atoms with Gasteiger partial charge in [0.2, 0.25) is 0 Å². The van der Waals surface area contributed by atoms with E-state index in [1.807, 2.05) is 0 Å². The Morgan fingerprint density at radius 3 is 2.44 bits per heavy atom. The highest BCUT2D eigenvalue weighted by atomic mass is 16.5. The van der Waals surface area contributed by atoms with Crippen molar-refractivity contribution in [2.24, 2.45) is 5.73 Å². The van der Waals surface area contributed by atoms with Crippen molar-refractivity contribution < 1.29 is 14.6 Å². The SMILES string of the molecule is NCC1(OCCCCCCO)CCOCC1. The molecule has 0 spiro atoms. The van der Waals surface area contributed by atoms with Crippen molar-refractivity contribution in [1.82, 2.24) is 0 Å². The monoisotopic (exact) mass is 231 g/mol. The summed E-state index contributed by atoms with van der Waals surface area (Å²) >= 11 is 0. The molecule has 0 aromatic carbocycles. The number of ether oxygens (including phenoxy) is 2. The summed E-state index contributed by atoms with van der Waals surface area (Å²) in [6.07, 6.45) is 6.00. The Balaban J connectivity index is 2.08. The van der Waals surface area contributed by atoms with E-state index in [1.54, 1.807) is 0 Å². The number of hydrogen-bond donors (Lipinski definition) is 2. The van der Waals surface area contributed by atoms with E-state index in [9.17, 15) is 0 Å². The second-order valence-corrected chi connectivity index (χ2v) is 4.49. The van der Waals surface area contributed by atoms with Gasteiger partial charge in [0.15, 0.2) is 0 Å². The minimum atomic E-state index is -0.130. The molecule has 96 valence electrons. The lowest BCUT2D eigenvalue weighted by Gasteiger charge is -2.36. The third-order valence-corrected chi connectivity index (χ3v) is 3.24. The predicted octanol–water partition coefficient (Wildman–Crippen LogP) is 1.06. The van der Waals surface area contributed by atoms with Crippen LogP contribution in [0.3, 0.4) is 0 Å². The van der Waals surface area contributed by atoms with Crippen LogP contribution >= 0.6 is 0 Å². The minimum absolute atomic E-state index is 0.130. The lowest BCUT2D eigenvalue weighted by Crippen LogP contribution is -2.45. The molecule has 0 saturated carbocycles. The lowest BCUT2D eigenvalue weighted by molar-refractivity contribution is -0.105. The summed E-state index contributed by atoms with van der Waals surface area (Å²) < 4.78 is 11.3. The molecule has 1 rings (SSSR count). The van der Waals surface area contributed by atoms with Gasteiger partial charge in [-0.1, -0.05) is 12.8 Å². The Bertz CT molecular complexity index is 170. The van der Waals surface area contributed by atoms with E-state index in [2.05, 4.69) is 0 Å². The zero-order valence-corrected chi connectivity index (χ0v) is 10.1. The molecule has 0 amide bonds. The van der Waals surface area contributed by atoms with Gasteiger partial charge < -0.3 is 20.3 Å². The molecule has 0 aromatic rings. The average molecular weight is 231 g/mol. The first kappa shape index (κ1) is 13.9. The first-order valence-electron chi connectivity index (χ1n) is 6.36. The van der Waals surface area contributed by atoms with Crippen LogP contribution in [-0.4, -0.2) is 43.7 Å². The number of rotatable bonds is 8. The van der Waals surface area contributed by atoms with Gasteiger partial charge in [-0.2, -0.15) is 0 Å². The molecule has 0 aromatic heterocycles. The summed E-state index contributed by atoms with van der Waals surface area (Å²) in [4.78, 5) is 0. The Labute approximate surface area is 98.1 Å². The van der Waals surface area contributed by atoms with E-state index in [-0.39, 0.29) is 5.60 Å². The van der Waals surface area contributed by atoms with Crippen molar-refractivity contribution >= 4 is 0 Å². The Morgan fingerprint density at radius 1 is 1.12 bits per heavy atom. The maximum absolute atomic E-state index is 8.64. The topological polar surface area (TPSA) is 64.7 Å². The fourth-order valence-electron chi connectivity index (χ4n) is 2.01. The van der Waals surface area contributed by atoms with Crippen LogP contribution in [0, 0.1) is 0 Å². The molecule has 1 saturated heterocycles. The van der Waals surface area contributed by atoms with Crippen molar-refractivity contribution in [3.8, 4) is 0 Å². The highest BCUT2D eigenvalue weighted by Gasteiger charge is 2.31. The lowest BCUT2D eigenvalue weighted by atomic mass is 9.94. The standard InChI is InChI=1S/C12H25NO3/c13-11-12(5-9-15-10-6-12)16-8-4-2-1-3-7-14/h14H,1-11,13H2. The van der Waals surface area contributed by atoms with Crippen molar-refractivity contribution in [2.45, 2.75) is 44.1 Å². The molecule has 1 heterocycles. The second kappa shape index (κ2) is 8.01. The molecule has 0 radical (unpaired) electrons. The Hall–Kier alpha value is -0.160. The van der Waals surface area contributed by atoms with Gasteiger partial charge in [-0.15, -0.1) is 0 Å². The van der Waals surface area contributed by atoms with Crippen molar-refractivity contribution in [2.75, 3.05) is 33.0 Å². The fraction of sp³-hybridized carbons (Fsp3) is 1.00. The van der Waals surface area contributed by atoms with Crippen LogP contribution in [-0.2, 0) is 9.47 Å². The van der Waals surface area contributed by atoms with E-state index in [4.69, 9.17) is 20.3 Å². The molecular formula is C12H25NO3. The molecule has 0 unspecified atom stereocenters. The van der Waals surface area contributed by atoms with Crippen LogP contribution < -0.4 is 5.73 Å².